The van der Waals surface area contributed by atoms with Crippen molar-refractivity contribution in [1.29, 1.82) is 0 Å². The Labute approximate surface area is 129 Å². The molecule has 0 unspecified atom stereocenters. The number of fused-ring (bicyclic) bond motifs is 2. The molecule has 4 nitrogen and oxygen atoms in total. The van der Waals surface area contributed by atoms with Crippen molar-refractivity contribution in [3.63, 3.8) is 0 Å². The summed E-state index contributed by atoms with van der Waals surface area (Å²) in [5.41, 5.74) is 12.3. The largest absolute Gasteiger partial charge is 0.383 e. The maximum Gasteiger partial charge on any atom is 0.254 e. The number of amides is 1. The highest BCUT2D eigenvalue weighted by atomic mass is 16.2. The first-order valence-electron chi connectivity index (χ1n) is 7.43. The molecule has 0 aromatic heterocycles. The number of rotatable bonds is 2. The molecule has 110 valence electrons. The van der Waals surface area contributed by atoms with Crippen molar-refractivity contribution in [3.8, 4) is 0 Å². The highest BCUT2D eigenvalue weighted by Crippen LogP contribution is 2.26. The van der Waals surface area contributed by atoms with Crippen LogP contribution in [0.1, 0.15) is 38.2 Å². The van der Waals surface area contributed by atoms with Gasteiger partial charge in [-0.2, -0.15) is 0 Å². The van der Waals surface area contributed by atoms with Gasteiger partial charge in [0.05, 0.1) is 6.54 Å². The van der Waals surface area contributed by atoms with Crippen molar-refractivity contribution in [2.45, 2.75) is 26.6 Å². The predicted molar refractivity (Wildman–Crippen MR) is 85.6 cm³/mol. The number of nitrogens with two attached hydrogens (primary N) is 1. The number of aryl methyl sites for hydroxylation is 1. The Morgan fingerprint density at radius 3 is 2.82 bits per heavy atom. The van der Waals surface area contributed by atoms with Crippen LogP contribution in [-0.2, 0) is 19.6 Å². The standard InChI is InChI=1S/C18H17N3O/c1-11-2-4-16-14(6-11)10-21(18(16)22)9-12-3-5-15-13(7-12)8-20-17(15)19/h2-7H,8-10H2,1H3,(H2,19,20). The van der Waals surface area contributed by atoms with Crippen LogP contribution >= 0.6 is 0 Å². The Hall–Kier alpha value is -2.62. The fourth-order valence-corrected chi connectivity index (χ4v) is 3.24. The number of hydrogen-bond donors (Lipinski definition) is 1. The molecule has 4 rings (SSSR count). The lowest BCUT2D eigenvalue weighted by molar-refractivity contribution is 0.0766. The minimum atomic E-state index is 0.117. The zero-order valence-electron chi connectivity index (χ0n) is 12.5. The molecule has 2 aromatic rings. The van der Waals surface area contributed by atoms with E-state index in [2.05, 4.69) is 24.0 Å². The number of benzene rings is 2. The Bertz CT molecular complexity index is 823. The molecule has 2 N–H and O–H groups in total. The minimum absolute atomic E-state index is 0.117. The van der Waals surface area contributed by atoms with Gasteiger partial charge in [0.25, 0.3) is 5.91 Å². The third kappa shape index (κ3) is 1.99. The quantitative estimate of drug-likeness (QED) is 0.923. The summed E-state index contributed by atoms with van der Waals surface area (Å²) in [4.78, 5) is 18.6. The fraction of sp³-hybridized carbons (Fsp3) is 0.222. The van der Waals surface area contributed by atoms with Gasteiger partial charge in [0, 0.05) is 24.2 Å². The molecule has 2 heterocycles. The van der Waals surface area contributed by atoms with Crippen molar-refractivity contribution >= 4 is 11.7 Å². The van der Waals surface area contributed by atoms with Crippen LogP contribution in [0.4, 0.5) is 0 Å². The van der Waals surface area contributed by atoms with E-state index in [1.54, 1.807) is 0 Å². The molecule has 0 radical (unpaired) electrons. The number of aliphatic imine (C=N–C) groups is 1. The van der Waals surface area contributed by atoms with Crippen LogP contribution in [0.2, 0.25) is 0 Å². The number of amidine groups is 1. The topological polar surface area (TPSA) is 58.7 Å². The predicted octanol–water partition coefficient (Wildman–Crippen LogP) is 2.37. The molecule has 0 fully saturated rings. The van der Waals surface area contributed by atoms with E-state index in [4.69, 9.17) is 5.73 Å². The second kappa shape index (κ2) is 4.70. The minimum Gasteiger partial charge on any atom is -0.383 e. The molecule has 2 aliphatic rings. The molecule has 2 aromatic carbocycles. The average molecular weight is 291 g/mol. The van der Waals surface area contributed by atoms with Gasteiger partial charge in [0.1, 0.15) is 5.84 Å². The molecule has 4 heteroatoms. The zero-order valence-corrected chi connectivity index (χ0v) is 12.5. The van der Waals surface area contributed by atoms with Gasteiger partial charge < -0.3 is 10.6 Å². The number of hydrogen-bond acceptors (Lipinski definition) is 3. The van der Waals surface area contributed by atoms with Gasteiger partial charge in [0.15, 0.2) is 0 Å². The van der Waals surface area contributed by atoms with Gasteiger partial charge in [-0.1, -0.05) is 35.9 Å². The van der Waals surface area contributed by atoms with E-state index in [9.17, 15) is 4.79 Å². The highest BCUT2D eigenvalue weighted by molar-refractivity contribution is 6.01. The van der Waals surface area contributed by atoms with Gasteiger partial charge in [-0.15, -0.1) is 0 Å². The van der Waals surface area contributed by atoms with Crippen molar-refractivity contribution in [2.75, 3.05) is 0 Å². The Morgan fingerprint density at radius 1 is 1.14 bits per heavy atom. The SMILES string of the molecule is Cc1ccc2c(c1)CN(Cc1ccc3c(c1)CN=C3N)C2=O. The van der Waals surface area contributed by atoms with Gasteiger partial charge in [-0.3, -0.25) is 9.79 Å². The number of carbonyl (C=O) groups excluding carboxylic acids is 1. The average Bonchev–Trinajstić information content (AvgIpc) is 3.00. The normalized spacial score (nSPS) is 15.8. The molecule has 0 saturated heterocycles. The van der Waals surface area contributed by atoms with Gasteiger partial charge in [-0.25, -0.2) is 0 Å². The first kappa shape index (κ1) is 13.1. The lowest BCUT2D eigenvalue weighted by Crippen LogP contribution is -2.23. The molecule has 0 aliphatic carbocycles. The second-order valence-corrected chi connectivity index (χ2v) is 6.01. The van der Waals surface area contributed by atoms with Gasteiger partial charge >= 0.3 is 0 Å². The van der Waals surface area contributed by atoms with Crippen LogP contribution in [0.3, 0.4) is 0 Å². The molecular formula is C18H17N3O. The Kier molecular flexibility index (Phi) is 2.79. The maximum atomic E-state index is 12.5. The van der Waals surface area contributed by atoms with Crippen LogP contribution in [0.5, 0.6) is 0 Å². The first-order chi connectivity index (χ1) is 10.6. The van der Waals surface area contributed by atoms with E-state index >= 15 is 0 Å². The summed E-state index contributed by atoms with van der Waals surface area (Å²) in [6.45, 7) is 4.01. The Balaban J connectivity index is 1.57. The van der Waals surface area contributed by atoms with Crippen LogP contribution in [0.25, 0.3) is 0 Å². The summed E-state index contributed by atoms with van der Waals surface area (Å²) in [6.07, 6.45) is 0. The Morgan fingerprint density at radius 2 is 1.95 bits per heavy atom. The molecule has 22 heavy (non-hydrogen) atoms. The smallest absolute Gasteiger partial charge is 0.254 e. The van der Waals surface area contributed by atoms with Gasteiger partial charge in [0.2, 0.25) is 0 Å². The molecule has 0 saturated carbocycles. The molecule has 0 spiro atoms. The van der Waals surface area contributed by atoms with Crippen LogP contribution in [0, 0.1) is 6.92 Å². The highest BCUT2D eigenvalue weighted by Gasteiger charge is 2.27. The van der Waals surface area contributed by atoms with Crippen molar-refractivity contribution in [1.82, 2.24) is 4.90 Å². The van der Waals surface area contributed by atoms with E-state index in [0.29, 0.717) is 25.5 Å². The summed E-state index contributed by atoms with van der Waals surface area (Å²) >= 11 is 0. The summed E-state index contributed by atoms with van der Waals surface area (Å²) in [5, 5.41) is 0. The van der Waals surface area contributed by atoms with Crippen LogP contribution in [0.15, 0.2) is 41.4 Å². The third-order valence-corrected chi connectivity index (χ3v) is 4.38. The number of nitrogens with zero attached hydrogens (tertiary/aromatic N) is 2. The summed E-state index contributed by atoms with van der Waals surface area (Å²) in [5.74, 6) is 0.730. The lowest BCUT2D eigenvalue weighted by Gasteiger charge is -2.16. The second-order valence-electron chi connectivity index (χ2n) is 6.01. The number of carbonyl (C=O) groups is 1. The van der Waals surface area contributed by atoms with E-state index in [1.165, 1.54) is 5.56 Å². The summed E-state index contributed by atoms with van der Waals surface area (Å²) < 4.78 is 0. The molecule has 2 aliphatic heterocycles. The van der Waals surface area contributed by atoms with E-state index in [1.807, 2.05) is 29.2 Å². The van der Waals surface area contributed by atoms with E-state index in [0.717, 1.165) is 27.8 Å². The summed E-state index contributed by atoms with van der Waals surface area (Å²) in [7, 11) is 0. The fourth-order valence-electron chi connectivity index (χ4n) is 3.24. The molecule has 1 amide bonds. The third-order valence-electron chi connectivity index (χ3n) is 4.38. The van der Waals surface area contributed by atoms with Gasteiger partial charge in [-0.05, 0) is 29.7 Å². The van der Waals surface area contributed by atoms with Crippen molar-refractivity contribution in [3.05, 3.63) is 69.8 Å². The van der Waals surface area contributed by atoms with Crippen molar-refractivity contribution in [2.24, 2.45) is 10.7 Å². The van der Waals surface area contributed by atoms with Crippen molar-refractivity contribution < 1.29 is 4.79 Å². The summed E-state index contributed by atoms with van der Waals surface area (Å²) in [6, 6.07) is 12.2. The molecule has 0 atom stereocenters. The zero-order chi connectivity index (χ0) is 15.3. The van der Waals surface area contributed by atoms with Crippen LogP contribution in [-0.4, -0.2) is 16.6 Å². The first-order valence-corrected chi connectivity index (χ1v) is 7.43. The monoisotopic (exact) mass is 291 g/mol. The maximum absolute atomic E-state index is 12.5. The lowest BCUT2D eigenvalue weighted by atomic mass is 10.0. The van der Waals surface area contributed by atoms with E-state index in [-0.39, 0.29) is 5.91 Å². The molecule has 0 bridgehead atoms. The van der Waals surface area contributed by atoms with Crippen LogP contribution < -0.4 is 5.73 Å². The molecular weight excluding hydrogens is 274 g/mol. The van der Waals surface area contributed by atoms with E-state index < -0.39 is 0 Å².